The summed E-state index contributed by atoms with van der Waals surface area (Å²) in [5.41, 5.74) is -0.613. The van der Waals surface area contributed by atoms with Gasteiger partial charge in [0.15, 0.2) is 0 Å². The zero-order chi connectivity index (χ0) is 12.8. The number of carbonyl (C=O) groups is 1. The van der Waals surface area contributed by atoms with Crippen LogP contribution in [-0.4, -0.2) is 24.7 Å². The van der Waals surface area contributed by atoms with E-state index in [0.717, 1.165) is 25.1 Å². The van der Waals surface area contributed by atoms with E-state index in [9.17, 15) is 13.6 Å². The van der Waals surface area contributed by atoms with Crippen molar-refractivity contribution in [3.05, 3.63) is 41.0 Å². The van der Waals surface area contributed by atoms with Crippen LogP contribution in [0, 0.1) is 11.6 Å². The molecule has 5 heteroatoms. The van der Waals surface area contributed by atoms with Crippen LogP contribution in [0.15, 0.2) is 18.2 Å². The van der Waals surface area contributed by atoms with Crippen molar-refractivity contribution >= 4 is 12.0 Å². The minimum absolute atomic E-state index is 0.307. The molecular formula is C12H13F2NO2. The van der Waals surface area contributed by atoms with Gasteiger partial charge in [0.2, 0.25) is 0 Å². The van der Waals surface area contributed by atoms with E-state index in [4.69, 9.17) is 5.11 Å². The van der Waals surface area contributed by atoms with E-state index in [0.29, 0.717) is 5.56 Å². The van der Waals surface area contributed by atoms with Gasteiger partial charge in [-0.15, -0.1) is 0 Å². The molecule has 17 heavy (non-hydrogen) atoms. The van der Waals surface area contributed by atoms with Gasteiger partial charge in [0.25, 0.3) is 0 Å². The number of carboxylic acids is 1. The van der Waals surface area contributed by atoms with Gasteiger partial charge in [0, 0.05) is 0 Å². The van der Waals surface area contributed by atoms with Gasteiger partial charge in [0.1, 0.15) is 17.2 Å². The average molecular weight is 241 g/mol. The van der Waals surface area contributed by atoms with Crippen molar-refractivity contribution in [2.45, 2.75) is 6.42 Å². The molecule has 2 N–H and O–H groups in total. The molecule has 0 fully saturated rings. The van der Waals surface area contributed by atoms with Crippen LogP contribution in [0.2, 0.25) is 0 Å². The molecule has 0 spiro atoms. The molecule has 0 heterocycles. The van der Waals surface area contributed by atoms with Gasteiger partial charge in [-0.25, -0.2) is 13.6 Å². The van der Waals surface area contributed by atoms with E-state index < -0.39 is 23.2 Å². The summed E-state index contributed by atoms with van der Waals surface area (Å²) in [6.45, 7) is 0.759. The maximum atomic E-state index is 13.3. The second kappa shape index (κ2) is 6.10. The summed E-state index contributed by atoms with van der Waals surface area (Å²) in [4.78, 5) is 10.5. The highest BCUT2D eigenvalue weighted by atomic mass is 19.1. The Balaban J connectivity index is 2.91. The Bertz CT molecular complexity index is 421. The van der Waals surface area contributed by atoms with Crippen LogP contribution >= 0.6 is 0 Å². The van der Waals surface area contributed by atoms with E-state index in [1.165, 1.54) is 0 Å². The van der Waals surface area contributed by atoms with Gasteiger partial charge in [-0.3, -0.25) is 0 Å². The molecule has 3 nitrogen and oxygen atoms in total. The molecule has 0 unspecified atom stereocenters. The number of carboxylic acid groups (broad SMARTS) is 1. The van der Waals surface area contributed by atoms with Crippen LogP contribution in [0.25, 0.3) is 6.08 Å². The third-order valence-electron chi connectivity index (χ3n) is 2.15. The number of benzene rings is 1. The maximum absolute atomic E-state index is 13.3. The first-order valence-electron chi connectivity index (χ1n) is 5.09. The van der Waals surface area contributed by atoms with E-state index in [1.807, 2.05) is 0 Å². The van der Waals surface area contributed by atoms with E-state index in [-0.39, 0.29) is 0 Å². The maximum Gasteiger partial charge on any atom is 0.341 e. The lowest BCUT2D eigenvalue weighted by molar-refractivity contribution is 0.0686. The number of hydrogen-bond acceptors (Lipinski definition) is 2. The summed E-state index contributed by atoms with van der Waals surface area (Å²) in [7, 11) is 1.80. The van der Waals surface area contributed by atoms with Crippen LogP contribution < -0.4 is 5.32 Å². The van der Waals surface area contributed by atoms with Crippen LogP contribution in [-0.2, 0) is 0 Å². The predicted octanol–water partition coefficient (Wildman–Crippen LogP) is 2.29. The molecule has 0 bridgehead atoms. The molecule has 0 aromatic heterocycles. The normalized spacial score (nSPS) is 11.0. The third kappa shape index (κ3) is 3.64. The van der Waals surface area contributed by atoms with Gasteiger partial charge < -0.3 is 10.4 Å². The fourth-order valence-electron chi connectivity index (χ4n) is 1.34. The lowest BCUT2D eigenvalue weighted by Crippen LogP contribution is -2.06. The lowest BCUT2D eigenvalue weighted by atomic mass is 10.1. The number of aromatic carboxylic acids is 1. The Labute approximate surface area is 97.8 Å². The quantitative estimate of drug-likeness (QED) is 0.777. The zero-order valence-electron chi connectivity index (χ0n) is 9.34. The fourth-order valence-corrected chi connectivity index (χ4v) is 1.34. The first-order valence-corrected chi connectivity index (χ1v) is 5.09. The van der Waals surface area contributed by atoms with E-state index >= 15 is 0 Å². The molecule has 1 rings (SSSR count). The Morgan fingerprint density at radius 2 is 2.00 bits per heavy atom. The van der Waals surface area contributed by atoms with Crippen LogP contribution in [0.3, 0.4) is 0 Å². The third-order valence-corrected chi connectivity index (χ3v) is 2.15. The highest BCUT2D eigenvalue weighted by Gasteiger charge is 2.16. The summed E-state index contributed by atoms with van der Waals surface area (Å²) in [5, 5.41) is 11.5. The van der Waals surface area contributed by atoms with E-state index in [1.54, 1.807) is 19.2 Å². The van der Waals surface area contributed by atoms with Crippen LogP contribution in [0.4, 0.5) is 8.78 Å². The molecular weight excluding hydrogens is 228 g/mol. The van der Waals surface area contributed by atoms with Crippen LogP contribution in [0.5, 0.6) is 0 Å². The van der Waals surface area contributed by atoms with Crippen molar-refractivity contribution in [1.82, 2.24) is 5.32 Å². The van der Waals surface area contributed by atoms with Crippen molar-refractivity contribution in [2.24, 2.45) is 0 Å². The molecule has 0 atom stereocenters. The molecule has 92 valence electrons. The molecule has 0 aliphatic heterocycles. The summed E-state index contributed by atoms with van der Waals surface area (Å²) in [5.74, 6) is -3.73. The lowest BCUT2D eigenvalue weighted by Gasteiger charge is -2.01. The summed E-state index contributed by atoms with van der Waals surface area (Å²) in [6.07, 6.45) is 4.03. The Kier molecular flexibility index (Phi) is 4.78. The highest BCUT2D eigenvalue weighted by molar-refractivity contribution is 5.88. The summed E-state index contributed by atoms with van der Waals surface area (Å²) >= 11 is 0. The van der Waals surface area contributed by atoms with Gasteiger partial charge in [0.05, 0.1) is 0 Å². The largest absolute Gasteiger partial charge is 0.477 e. The van der Waals surface area contributed by atoms with Crippen molar-refractivity contribution in [2.75, 3.05) is 13.6 Å². The second-order valence-electron chi connectivity index (χ2n) is 3.46. The zero-order valence-corrected chi connectivity index (χ0v) is 9.34. The summed E-state index contributed by atoms with van der Waals surface area (Å²) in [6, 6.07) is 2.00. The molecule has 0 aliphatic carbocycles. The first-order chi connectivity index (χ1) is 8.06. The van der Waals surface area contributed by atoms with Gasteiger partial charge in [-0.05, 0) is 37.7 Å². The molecule has 0 saturated carbocycles. The van der Waals surface area contributed by atoms with Crippen molar-refractivity contribution < 1.29 is 18.7 Å². The van der Waals surface area contributed by atoms with E-state index in [2.05, 4.69) is 5.32 Å². The Morgan fingerprint density at radius 1 is 1.41 bits per heavy atom. The minimum atomic E-state index is -1.61. The van der Waals surface area contributed by atoms with Crippen LogP contribution in [0.1, 0.15) is 22.3 Å². The average Bonchev–Trinajstić information content (AvgIpc) is 2.23. The fraction of sp³-hybridized carbons (Fsp3) is 0.250. The smallest absolute Gasteiger partial charge is 0.341 e. The monoisotopic (exact) mass is 241 g/mol. The molecule has 0 amide bonds. The SMILES string of the molecule is CNCCC=Cc1cc(F)c(C(=O)O)c(F)c1. The minimum Gasteiger partial charge on any atom is -0.477 e. The standard InChI is InChI=1S/C12H13F2NO2/c1-15-5-3-2-4-8-6-9(13)11(12(16)17)10(14)7-8/h2,4,6-7,15H,3,5H2,1H3,(H,16,17). The Morgan fingerprint density at radius 3 is 2.47 bits per heavy atom. The van der Waals surface area contributed by atoms with Crippen molar-refractivity contribution in [1.29, 1.82) is 0 Å². The number of nitrogens with one attached hydrogen (secondary N) is 1. The Hall–Kier alpha value is -1.75. The molecule has 1 aromatic carbocycles. The number of hydrogen-bond donors (Lipinski definition) is 2. The molecule has 0 aliphatic rings. The first kappa shape index (κ1) is 13.3. The van der Waals surface area contributed by atoms with Gasteiger partial charge >= 0.3 is 5.97 Å². The number of rotatable bonds is 5. The topological polar surface area (TPSA) is 49.3 Å². The molecule has 1 aromatic rings. The number of halogens is 2. The predicted molar refractivity (Wildman–Crippen MR) is 60.9 cm³/mol. The van der Waals surface area contributed by atoms with Crippen molar-refractivity contribution in [3.8, 4) is 0 Å². The molecule has 0 saturated heterocycles. The van der Waals surface area contributed by atoms with Gasteiger partial charge in [-0.2, -0.15) is 0 Å². The molecule has 0 radical (unpaired) electrons. The summed E-state index contributed by atoms with van der Waals surface area (Å²) < 4.78 is 26.5. The van der Waals surface area contributed by atoms with Gasteiger partial charge in [-0.1, -0.05) is 12.2 Å². The van der Waals surface area contributed by atoms with Crippen molar-refractivity contribution in [3.63, 3.8) is 0 Å². The highest BCUT2D eigenvalue weighted by Crippen LogP contribution is 2.16. The second-order valence-corrected chi connectivity index (χ2v) is 3.46.